The van der Waals surface area contributed by atoms with E-state index in [2.05, 4.69) is 5.29 Å². The third kappa shape index (κ3) is 2.31. The second-order valence-electron chi connectivity index (χ2n) is 3.36. The van der Waals surface area contributed by atoms with Crippen molar-refractivity contribution in [1.82, 2.24) is 4.90 Å². The summed E-state index contributed by atoms with van der Waals surface area (Å²) in [5.41, 5.74) is 1.33. The summed E-state index contributed by atoms with van der Waals surface area (Å²) in [7, 11) is 3.14. The third-order valence-corrected chi connectivity index (χ3v) is 1.99. The van der Waals surface area contributed by atoms with Crippen molar-refractivity contribution in [3.8, 4) is 0 Å². The molecule has 15 heavy (non-hydrogen) atoms. The fourth-order valence-electron chi connectivity index (χ4n) is 1.17. The van der Waals surface area contributed by atoms with Crippen molar-refractivity contribution in [2.75, 3.05) is 19.1 Å². The number of hydrogen-bond acceptors (Lipinski definition) is 3. The van der Waals surface area contributed by atoms with Crippen LogP contribution in [0.4, 0.5) is 10.5 Å². The molecule has 1 aromatic carbocycles. The van der Waals surface area contributed by atoms with E-state index in [9.17, 15) is 9.70 Å². The maximum absolute atomic E-state index is 11.6. The lowest BCUT2D eigenvalue weighted by molar-refractivity contribution is 0.224. The molecule has 0 aliphatic rings. The molecule has 0 aromatic heterocycles. The van der Waals surface area contributed by atoms with Crippen LogP contribution in [-0.2, 0) is 0 Å². The molecule has 0 atom stereocenters. The van der Waals surface area contributed by atoms with Crippen LogP contribution in [0.1, 0.15) is 5.56 Å². The summed E-state index contributed by atoms with van der Waals surface area (Å²) in [5, 5.41) is 3.58. The molecule has 0 bridgehead atoms. The van der Waals surface area contributed by atoms with Crippen LogP contribution in [0, 0.1) is 11.8 Å². The van der Waals surface area contributed by atoms with Gasteiger partial charge in [-0.3, -0.25) is 0 Å². The molecule has 0 radical (unpaired) electrons. The first-order valence-electron chi connectivity index (χ1n) is 4.48. The lowest BCUT2D eigenvalue weighted by Gasteiger charge is -2.19. The number of carbonyl (C=O) groups is 1. The Balaban J connectivity index is 3.08. The Labute approximate surface area is 88.2 Å². The van der Waals surface area contributed by atoms with Gasteiger partial charge in [-0.05, 0) is 18.6 Å². The summed E-state index contributed by atoms with van der Waals surface area (Å²) in [4.78, 5) is 23.5. The Kier molecular flexibility index (Phi) is 3.38. The molecule has 5 nitrogen and oxygen atoms in total. The molecule has 5 heteroatoms. The predicted octanol–water partition coefficient (Wildman–Crippen LogP) is 2.16. The summed E-state index contributed by atoms with van der Waals surface area (Å²) >= 11 is 0. The number of benzene rings is 1. The molecule has 0 heterocycles. The van der Waals surface area contributed by atoms with E-state index >= 15 is 0 Å². The summed E-state index contributed by atoms with van der Waals surface area (Å²) in [5.74, 6) is 0. The van der Waals surface area contributed by atoms with Gasteiger partial charge in [-0.25, -0.2) is 4.79 Å². The highest BCUT2D eigenvalue weighted by atomic mass is 16.3. The van der Waals surface area contributed by atoms with Gasteiger partial charge in [0.15, 0.2) is 0 Å². The zero-order chi connectivity index (χ0) is 11.4. The van der Waals surface area contributed by atoms with Crippen LogP contribution in [0.25, 0.3) is 0 Å². The Morgan fingerprint density at radius 3 is 2.33 bits per heavy atom. The van der Waals surface area contributed by atoms with E-state index in [1.165, 1.54) is 4.90 Å². The van der Waals surface area contributed by atoms with Crippen LogP contribution in [0.2, 0.25) is 0 Å². The molecule has 0 aliphatic heterocycles. The van der Waals surface area contributed by atoms with Gasteiger partial charge in [0.25, 0.3) is 0 Å². The van der Waals surface area contributed by atoms with Gasteiger partial charge in [0.2, 0.25) is 0 Å². The van der Waals surface area contributed by atoms with Crippen molar-refractivity contribution in [1.29, 1.82) is 0 Å². The summed E-state index contributed by atoms with van der Waals surface area (Å²) in [6.07, 6.45) is 0. The summed E-state index contributed by atoms with van der Waals surface area (Å²) in [6, 6.07) is 6.62. The van der Waals surface area contributed by atoms with Crippen LogP contribution in [-0.4, -0.2) is 25.0 Å². The van der Waals surface area contributed by atoms with E-state index in [0.717, 1.165) is 10.6 Å². The molecule has 0 spiro atoms. The average Bonchev–Trinajstić information content (AvgIpc) is 2.21. The van der Waals surface area contributed by atoms with Crippen LogP contribution in [0.15, 0.2) is 29.6 Å². The normalized spacial score (nSPS) is 9.53. The van der Waals surface area contributed by atoms with Gasteiger partial charge in [0.1, 0.15) is 0 Å². The molecule has 1 rings (SSSR count). The average molecular weight is 207 g/mol. The van der Waals surface area contributed by atoms with Crippen molar-refractivity contribution < 1.29 is 4.79 Å². The van der Waals surface area contributed by atoms with Gasteiger partial charge in [0.05, 0.1) is 11.0 Å². The standard InChI is InChI=1S/C10H13N3O2/c1-8-6-4-5-7-9(8)13(11-15)10(14)12(2)3/h4-7H,1-3H3. The summed E-state index contributed by atoms with van der Waals surface area (Å²) in [6.45, 7) is 1.82. The molecular formula is C10H13N3O2. The monoisotopic (exact) mass is 207 g/mol. The first-order chi connectivity index (χ1) is 7.07. The fraction of sp³-hybridized carbons (Fsp3) is 0.300. The minimum absolute atomic E-state index is 0.459. The Hall–Kier alpha value is -1.91. The number of para-hydroxylation sites is 1. The molecule has 0 saturated heterocycles. The second-order valence-corrected chi connectivity index (χ2v) is 3.36. The van der Waals surface area contributed by atoms with E-state index in [1.807, 2.05) is 19.1 Å². The quantitative estimate of drug-likeness (QED) is 0.551. The highest BCUT2D eigenvalue weighted by Gasteiger charge is 2.19. The predicted molar refractivity (Wildman–Crippen MR) is 58.5 cm³/mol. The van der Waals surface area contributed by atoms with Crippen LogP contribution < -0.4 is 5.01 Å². The van der Waals surface area contributed by atoms with Crippen LogP contribution >= 0.6 is 0 Å². The second kappa shape index (κ2) is 4.54. The molecule has 0 fully saturated rings. The van der Waals surface area contributed by atoms with E-state index < -0.39 is 6.03 Å². The highest BCUT2D eigenvalue weighted by Crippen LogP contribution is 2.20. The third-order valence-electron chi connectivity index (χ3n) is 1.99. The Morgan fingerprint density at radius 2 is 1.87 bits per heavy atom. The number of carbonyl (C=O) groups excluding carboxylic acids is 1. The largest absolute Gasteiger partial charge is 0.347 e. The van der Waals surface area contributed by atoms with Crippen molar-refractivity contribution in [2.24, 2.45) is 5.29 Å². The van der Waals surface area contributed by atoms with Gasteiger partial charge < -0.3 is 4.90 Å². The molecule has 0 unspecified atom stereocenters. The van der Waals surface area contributed by atoms with Gasteiger partial charge in [-0.15, -0.1) is 9.92 Å². The number of nitroso groups, excluding NO2 is 1. The van der Waals surface area contributed by atoms with Gasteiger partial charge in [-0.2, -0.15) is 0 Å². The van der Waals surface area contributed by atoms with Gasteiger partial charge >= 0.3 is 6.03 Å². The number of aryl methyl sites for hydroxylation is 1. The van der Waals surface area contributed by atoms with Gasteiger partial charge in [-0.1, -0.05) is 18.2 Å². The van der Waals surface area contributed by atoms with E-state index in [1.54, 1.807) is 26.2 Å². The highest BCUT2D eigenvalue weighted by molar-refractivity contribution is 5.91. The fourth-order valence-corrected chi connectivity index (χ4v) is 1.17. The molecular weight excluding hydrogens is 194 g/mol. The zero-order valence-corrected chi connectivity index (χ0v) is 8.97. The van der Waals surface area contributed by atoms with Crippen molar-refractivity contribution in [3.05, 3.63) is 34.7 Å². The molecule has 0 N–H and O–H groups in total. The SMILES string of the molecule is Cc1ccccc1N(N=O)C(=O)N(C)C. The first kappa shape index (κ1) is 11.2. The Bertz CT molecular complexity index is 377. The lowest BCUT2D eigenvalue weighted by Crippen LogP contribution is -2.35. The minimum Gasteiger partial charge on any atom is -0.329 e. The number of amides is 2. The van der Waals surface area contributed by atoms with E-state index in [0.29, 0.717) is 5.69 Å². The zero-order valence-electron chi connectivity index (χ0n) is 8.97. The van der Waals surface area contributed by atoms with Crippen molar-refractivity contribution in [3.63, 3.8) is 0 Å². The molecule has 0 aliphatic carbocycles. The lowest BCUT2D eigenvalue weighted by atomic mass is 10.2. The first-order valence-corrected chi connectivity index (χ1v) is 4.48. The van der Waals surface area contributed by atoms with Crippen molar-refractivity contribution >= 4 is 11.7 Å². The number of nitrogens with zero attached hydrogens (tertiary/aromatic N) is 3. The number of anilines is 1. The van der Waals surface area contributed by atoms with E-state index in [4.69, 9.17) is 0 Å². The Morgan fingerprint density at radius 1 is 1.27 bits per heavy atom. The maximum Gasteiger partial charge on any atom is 0.347 e. The van der Waals surface area contributed by atoms with Crippen LogP contribution in [0.5, 0.6) is 0 Å². The van der Waals surface area contributed by atoms with E-state index in [-0.39, 0.29) is 0 Å². The molecule has 1 aromatic rings. The number of hydrogen-bond donors (Lipinski definition) is 0. The maximum atomic E-state index is 11.6. The number of rotatable bonds is 2. The molecule has 0 saturated carbocycles. The van der Waals surface area contributed by atoms with Crippen LogP contribution in [0.3, 0.4) is 0 Å². The molecule has 2 amide bonds. The number of urea groups is 1. The minimum atomic E-state index is -0.459. The topological polar surface area (TPSA) is 53.0 Å². The smallest absolute Gasteiger partial charge is 0.329 e. The molecule has 80 valence electrons. The van der Waals surface area contributed by atoms with Gasteiger partial charge in [0, 0.05) is 14.1 Å². The summed E-state index contributed by atoms with van der Waals surface area (Å²) < 4.78 is 0. The van der Waals surface area contributed by atoms with Crippen molar-refractivity contribution in [2.45, 2.75) is 6.92 Å².